The van der Waals surface area contributed by atoms with Crippen molar-refractivity contribution in [2.45, 2.75) is 39.0 Å². The zero-order valence-electron chi connectivity index (χ0n) is 10.9. The first-order chi connectivity index (χ1) is 7.94. The van der Waals surface area contributed by atoms with Crippen LogP contribution in [0.25, 0.3) is 10.2 Å². The van der Waals surface area contributed by atoms with Gasteiger partial charge in [0.15, 0.2) is 0 Å². The average molecular weight is 248 g/mol. The molecule has 0 saturated carbocycles. The van der Waals surface area contributed by atoms with Crippen LogP contribution in [0, 0.1) is 0 Å². The molecule has 0 amide bonds. The van der Waals surface area contributed by atoms with Gasteiger partial charge in [-0.3, -0.25) is 0 Å². The Kier molecular flexibility index (Phi) is 3.23. The van der Waals surface area contributed by atoms with Crippen LogP contribution in [0.4, 0.5) is 0 Å². The number of aromatic nitrogens is 1. The fraction of sp³-hybridized carbons (Fsp3) is 0.500. The van der Waals surface area contributed by atoms with Crippen molar-refractivity contribution < 1.29 is 0 Å². The average Bonchev–Trinajstić information content (AvgIpc) is 2.71. The third-order valence-corrected chi connectivity index (χ3v) is 4.53. The van der Waals surface area contributed by atoms with Crippen molar-refractivity contribution >= 4 is 21.6 Å². The fourth-order valence-corrected chi connectivity index (χ4v) is 2.68. The molecule has 1 aromatic heterocycles. The maximum absolute atomic E-state index is 5.82. The number of hydrogen-bond acceptors (Lipinski definition) is 3. The summed E-state index contributed by atoms with van der Waals surface area (Å²) in [5.41, 5.74) is 8.22. The van der Waals surface area contributed by atoms with Crippen molar-refractivity contribution in [1.82, 2.24) is 4.98 Å². The van der Waals surface area contributed by atoms with E-state index in [0.717, 1.165) is 5.52 Å². The highest BCUT2D eigenvalue weighted by molar-refractivity contribution is 7.18. The molecule has 2 nitrogen and oxygen atoms in total. The zero-order valence-corrected chi connectivity index (χ0v) is 11.8. The normalized spacial score (nSPS) is 12.6. The summed E-state index contributed by atoms with van der Waals surface area (Å²) in [5.74, 6) is 0.498. The van der Waals surface area contributed by atoms with Gasteiger partial charge in [-0.2, -0.15) is 0 Å². The quantitative estimate of drug-likeness (QED) is 0.900. The number of thiazole rings is 1. The Bertz CT molecular complexity index is 526. The van der Waals surface area contributed by atoms with Crippen molar-refractivity contribution in [3.8, 4) is 0 Å². The van der Waals surface area contributed by atoms with Crippen molar-refractivity contribution in [1.29, 1.82) is 0 Å². The van der Waals surface area contributed by atoms with Gasteiger partial charge in [0.1, 0.15) is 0 Å². The molecule has 1 heterocycles. The van der Waals surface area contributed by atoms with Crippen LogP contribution in [0.15, 0.2) is 18.2 Å². The molecule has 1 aromatic carbocycles. The van der Waals surface area contributed by atoms with Gasteiger partial charge in [-0.05, 0) is 17.7 Å². The van der Waals surface area contributed by atoms with Crippen molar-refractivity contribution in [3.05, 3.63) is 28.8 Å². The summed E-state index contributed by atoms with van der Waals surface area (Å²) in [4.78, 5) is 4.70. The van der Waals surface area contributed by atoms with Gasteiger partial charge in [-0.15, -0.1) is 11.3 Å². The maximum Gasteiger partial charge on any atom is 0.0963 e. The summed E-state index contributed by atoms with van der Waals surface area (Å²) in [6.07, 6.45) is 0. The van der Waals surface area contributed by atoms with Crippen LogP contribution < -0.4 is 5.73 Å². The summed E-state index contributed by atoms with van der Waals surface area (Å²) in [5, 5.41) is 1.21. The number of nitrogens with two attached hydrogens (primary N) is 1. The first-order valence-corrected chi connectivity index (χ1v) is 6.87. The molecule has 0 fully saturated rings. The molecule has 92 valence electrons. The Morgan fingerprint density at radius 2 is 2.06 bits per heavy atom. The largest absolute Gasteiger partial charge is 0.330 e. The molecule has 0 saturated heterocycles. The Labute approximate surface area is 107 Å². The fourth-order valence-electron chi connectivity index (χ4n) is 1.73. The highest BCUT2D eigenvalue weighted by Gasteiger charge is 2.19. The minimum absolute atomic E-state index is 0.0236. The lowest BCUT2D eigenvalue weighted by Gasteiger charge is -2.22. The second-order valence-electron chi connectivity index (χ2n) is 5.48. The van der Waals surface area contributed by atoms with Gasteiger partial charge < -0.3 is 5.73 Å². The van der Waals surface area contributed by atoms with Gasteiger partial charge in [-0.1, -0.05) is 33.8 Å². The molecule has 0 bridgehead atoms. The summed E-state index contributed by atoms with van der Waals surface area (Å²) in [6.45, 7) is 9.36. The van der Waals surface area contributed by atoms with Crippen LogP contribution in [0.5, 0.6) is 0 Å². The third kappa shape index (κ3) is 2.35. The Morgan fingerprint density at radius 1 is 1.35 bits per heavy atom. The van der Waals surface area contributed by atoms with E-state index in [1.54, 1.807) is 11.3 Å². The molecule has 0 aliphatic rings. The van der Waals surface area contributed by atoms with E-state index in [-0.39, 0.29) is 5.41 Å². The van der Waals surface area contributed by atoms with Gasteiger partial charge >= 0.3 is 0 Å². The third-order valence-electron chi connectivity index (χ3n) is 3.19. The smallest absolute Gasteiger partial charge is 0.0963 e. The van der Waals surface area contributed by atoms with Gasteiger partial charge in [0.05, 0.1) is 15.2 Å². The summed E-state index contributed by atoms with van der Waals surface area (Å²) < 4.78 is 1.27. The predicted molar refractivity (Wildman–Crippen MR) is 75.8 cm³/mol. The first kappa shape index (κ1) is 12.5. The van der Waals surface area contributed by atoms with Crippen molar-refractivity contribution in [3.63, 3.8) is 0 Å². The van der Waals surface area contributed by atoms with Crippen LogP contribution >= 0.6 is 11.3 Å². The van der Waals surface area contributed by atoms with E-state index < -0.39 is 0 Å². The van der Waals surface area contributed by atoms with E-state index in [1.807, 2.05) is 0 Å². The van der Waals surface area contributed by atoms with E-state index in [0.29, 0.717) is 12.5 Å². The number of hydrogen-bond donors (Lipinski definition) is 1. The number of rotatable bonds is 3. The lowest BCUT2D eigenvalue weighted by Crippen LogP contribution is -2.27. The molecular weight excluding hydrogens is 228 g/mol. The second-order valence-corrected chi connectivity index (χ2v) is 6.54. The molecule has 0 unspecified atom stereocenters. The molecule has 2 N–H and O–H groups in total. The summed E-state index contributed by atoms with van der Waals surface area (Å²) in [6, 6.07) is 6.54. The Balaban J connectivity index is 2.50. The zero-order chi connectivity index (χ0) is 12.6. The number of benzene rings is 1. The lowest BCUT2D eigenvalue weighted by atomic mass is 9.85. The molecule has 0 radical (unpaired) electrons. The predicted octanol–water partition coefficient (Wildman–Crippen LogP) is 3.66. The molecule has 0 spiro atoms. The summed E-state index contributed by atoms with van der Waals surface area (Å²) in [7, 11) is 0. The van der Waals surface area contributed by atoms with Crippen molar-refractivity contribution in [2.75, 3.05) is 6.54 Å². The van der Waals surface area contributed by atoms with Crippen molar-refractivity contribution in [2.24, 2.45) is 5.73 Å². The van der Waals surface area contributed by atoms with Gasteiger partial charge in [0.2, 0.25) is 0 Å². The maximum atomic E-state index is 5.82. The minimum atomic E-state index is 0.0236. The second kappa shape index (κ2) is 4.39. The Hall–Kier alpha value is -0.930. The highest BCUT2D eigenvalue weighted by Crippen LogP contribution is 2.31. The van der Waals surface area contributed by atoms with Crippen LogP contribution in [-0.4, -0.2) is 11.5 Å². The van der Waals surface area contributed by atoms with Crippen LogP contribution in [0.2, 0.25) is 0 Å². The van der Waals surface area contributed by atoms with E-state index >= 15 is 0 Å². The molecule has 2 aromatic rings. The molecule has 0 atom stereocenters. The molecular formula is C14H20N2S. The molecule has 0 aliphatic carbocycles. The van der Waals surface area contributed by atoms with E-state index in [2.05, 4.69) is 45.9 Å². The SMILES string of the molecule is CC(C)c1nc2cc(C(C)(C)CN)ccc2s1. The topological polar surface area (TPSA) is 38.9 Å². The first-order valence-electron chi connectivity index (χ1n) is 6.05. The molecule has 0 aliphatic heterocycles. The standard InChI is InChI=1S/C14H20N2S/c1-9(2)13-16-11-7-10(14(3,4)8-15)5-6-12(11)17-13/h5-7,9H,8,15H2,1-4H3. The molecule has 17 heavy (non-hydrogen) atoms. The van der Waals surface area contributed by atoms with E-state index in [1.165, 1.54) is 15.3 Å². The van der Waals surface area contributed by atoms with Crippen LogP contribution in [0.3, 0.4) is 0 Å². The Morgan fingerprint density at radius 3 is 2.65 bits per heavy atom. The highest BCUT2D eigenvalue weighted by atomic mass is 32.1. The molecule has 2 rings (SSSR count). The van der Waals surface area contributed by atoms with Gasteiger partial charge in [-0.25, -0.2) is 4.98 Å². The number of nitrogens with zero attached hydrogens (tertiary/aromatic N) is 1. The van der Waals surface area contributed by atoms with E-state index in [9.17, 15) is 0 Å². The van der Waals surface area contributed by atoms with E-state index in [4.69, 9.17) is 10.7 Å². The van der Waals surface area contributed by atoms with Crippen LogP contribution in [0.1, 0.15) is 44.2 Å². The summed E-state index contributed by atoms with van der Waals surface area (Å²) >= 11 is 1.79. The monoisotopic (exact) mass is 248 g/mol. The van der Waals surface area contributed by atoms with Gasteiger partial charge in [0, 0.05) is 17.9 Å². The molecule has 3 heteroatoms. The lowest BCUT2D eigenvalue weighted by molar-refractivity contribution is 0.539. The van der Waals surface area contributed by atoms with Crippen LogP contribution in [-0.2, 0) is 5.41 Å². The number of fused-ring (bicyclic) bond motifs is 1. The minimum Gasteiger partial charge on any atom is -0.330 e. The van der Waals surface area contributed by atoms with Gasteiger partial charge in [0.25, 0.3) is 0 Å².